The van der Waals surface area contributed by atoms with E-state index in [1.165, 1.54) is 4.57 Å². The lowest BCUT2D eigenvalue weighted by Crippen LogP contribution is -2.17. The molecule has 274 valence electrons. The number of aryl methyl sites for hydroxylation is 2. The number of benzene rings is 5. The van der Waals surface area contributed by atoms with Gasteiger partial charge in [0.15, 0.2) is 0 Å². The van der Waals surface area contributed by atoms with Gasteiger partial charge in [-0.05, 0) is 118 Å². The minimum absolute atomic E-state index is 0.208. The number of imidazole rings is 1. The fourth-order valence-electron chi connectivity index (χ4n) is 7.04. The van der Waals surface area contributed by atoms with Gasteiger partial charge in [0.1, 0.15) is 11.6 Å². The van der Waals surface area contributed by atoms with Crippen molar-refractivity contribution >= 4 is 11.0 Å². The Labute approximate surface area is 346 Å². The predicted molar refractivity (Wildman–Crippen MR) is 228 cm³/mol. The van der Waals surface area contributed by atoms with Gasteiger partial charge in [-0.1, -0.05) is 123 Å². The Balaban J connectivity index is 1.67. The number of phenolic OH excluding ortho intramolecular Hbond substituents is 1. The smallest absolute Gasteiger partial charge is 0.149 e. The molecule has 0 saturated carbocycles. The van der Waals surface area contributed by atoms with Crippen molar-refractivity contribution in [1.29, 1.82) is 0 Å². The van der Waals surface area contributed by atoms with Gasteiger partial charge in [-0.2, -0.15) is 0 Å². The summed E-state index contributed by atoms with van der Waals surface area (Å²) in [5, 5.41) is 12.6. The molecule has 0 atom stereocenters. The second kappa shape index (κ2) is 13.4. The molecule has 7 aromatic rings. The molecule has 54 heavy (non-hydrogen) atoms. The van der Waals surface area contributed by atoms with E-state index >= 15 is 0 Å². The maximum atomic E-state index is 12.6. The molecule has 0 radical (unpaired) electrons. The third-order valence-corrected chi connectivity index (χ3v) is 9.82. The average molecular weight is 730 g/mol. The zero-order valence-electron chi connectivity index (χ0n) is 48.8. The molecule has 0 saturated heterocycles. The SMILES string of the molecule is [2H]C([2H])([2H])C(c1cc(-c2nc3c(-c4cc(-c5cc(-c6c(C)cccc6C)ccn5)cc(C(C)(C)C)c4)cccc3n2-c2ccccc2)c(O)c(C(C([2H])([2H])[2H])(C([2H])([2H])[2H])C([2H])([2H])[2H])c1)(C([2H])([2H])[2H])C([2H])([2H])[2H]. The number of fused-ring (bicyclic) bond motifs is 1. The van der Waals surface area contributed by atoms with Crippen LogP contribution in [0.15, 0.2) is 115 Å². The topological polar surface area (TPSA) is 50.9 Å². The molecule has 5 aromatic carbocycles. The highest BCUT2D eigenvalue weighted by Gasteiger charge is 2.29. The molecule has 0 fully saturated rings. The lowest BCUT2D eigenvalue weighted by atomic mass is 9.79. The number of nitrogens with zero attached hydrogens (tertiary/aromatic N) is 3. The predicted octanol–water partition coefficient (Wildman–Crippen LogP) is 13.3. The van der Waals surface area contributed by atoms with Crippen molar-refractivity contribution in [2.24, 2.45) is 0 Å². The highest BCUT2D eigenvalue weighted by molar-refractivity contribution is 5.97. The van der Waals surface area contributed by atoms with Gasteiger partial charge in [0, 0.05) is 53.2 Å². The summed E-state index contributed by atoms with van der Waals surface area (Å²) in [4.78, 5) is 9.82. The van der Waals surface area contributed by atoms with E-state index < -0.39 is 79.8 Å². The molecule has 1 N–H and O–H groups in total. The van der Waals surface area contributed by atoms with Gasteiger partial charge >= 0.3 is 0 Å². The number of hydrogen-bond donors (Lipinski definition) is 1. The Morgan fingerprint density at radius 3 is 1.96 bits per heavy atom. The summed E-state index contributed by atoms with van der Waals surface area (Å²) < 4.78 is 156. The third kappa shape index (κ3) is 6.86. The Kier molecular flexibility index (Phi) is 5.18. The van der Waals surface area contributed by atoms with Gasteiger partial charge in [0.2, 0.25) is 0 Å². The van der Waals surface area contributed by atoms with Crippen LogP contribution in [0.4, 0.5) is 0 Å². The van der Waals surface area contributed by atoms with Crippen LogP contribution in [0.3, 0.4) is 0 Å². The quantitative estimate of drug-likeness (QED) is 0.192. The van der Waals surface area contributed by atoms with Crippen molar-refractivity contribution in [2.75, 3.05) is 0 Å². The number of aromatic nitrogens is 3. The summed E-state index contributed by atoms with van der Waals surface area (Å²) in [7, 11) is 0. The molecule has 2 aromatic heterocycles. The average Bonchev–Trinajstić information content (AvgIpc) is 3.61. The van der Waals surface area contributed by atoms with E-state index in [4.69, 9.17) is 34.6 Å². The van der Waals surface area contributed by atoms with E-state index in [2.05, 4.69) is 0 Å². The molecule has 0 spiro atoms. The second-order valence-electron chi connectivity index (χ2n) is 14.9. The first-order chi connectivity index (χ1) is 32.9. The number of hydrogen-bond acceptors (Lipinski definition) is 3. The first-order valence-corrected chi connectivity index (χ1v) is 17.6. The molecule has 2 heterocycles. The highest BCUT2D eigenvalue weighted by atomic mass is 16.3. The van der Waals surface area contributed by atoms with Crippen LogP contribution in [0.1, 0.15) is 114 Å². The molecule has 4 heteroatoms. The number of pyridine rings is 1. The van der Waals surface area contributed by atoms with E-state index in [1.807, 2.05) is 83.1 Å². The number of phenols is 1. The minimum Gasteiger partial charge on any atom is -0.507 e. The van der Waals surface area contributed by atoms with E-state index in [0.29, 0.717) is 40.2 Å². The normalized spacial score (nSPS) is 18.8. The van der Waals surface area contributed by atoms with Crippen LogP contribution in [0.2, 0.25) is 0 Å². The summed E-state index contributed by atoms with van der Waals surface area (Å²) in [6.07, 6.45) is 1.74. The van der Waals surface area contributed by atoms with Crippen molar-refractivity contribution in [3.63, 3.8) is 0 Å². The van der Waals surface area contributed by atoms with E-state index in [-0.39, 0.29) is 11.3 Å². The molecule has 0 amide bonds. The highest BCUT2D eigenvalue weighted by Crippen LogP contribution is 2.45. The number of aromatic hydroxyl groups is 1. The van der Waals surface area contributed by atoms with Crippen molar-refractivity contribution in [2.45, 2.75) is 92.0 Å². The van der Waals surface area contributed by atoms with Gasteiger partial charge in [-0.3, -0.25) is 9.55 Å². The van der Waals surface area contributed by atoms with E-state index in [0.717, 1.165) is 33.4 Å². The molecule has 0 bridgehead atoms. The van der Waals surface area contributed by atoms with Crippen molar-refractivity contribution < 1.29 is 29.8 Å². The lowest BCUT2D eigenvalue weighted by Gasteiger charge is -2.27. The van der Waals surface area contributed by atoms with E-state index in [1.54, 1.807) is 54.7 Å². The van der Waals surface area contributed by atoms with Gasteiger partial charge in [0.05, 0.1) is 22.3 Å². The molecule has 0 aliphatic carbocycles. The number of rotatable bonds is 5. The number of para-hydroxylation sites is 2. The van der Waals surface area contributed by atoms with Crippen LogP contribution >= 0.6 is 0 Å². The summed E-state index contributed by atoms with van der Waals surface area (Å²) in [6, 6.07) is 30.4. The van der Waals surface area contributed by atoms with Crippen LogP contribution < -0.4 is 0 Å². The standard InChI is InChI=1S/C50H53N3O/c1-31-17-15-18-32(2)44(31)33-23-24-51-42(28-33)35-25-34(26-36(27-35)48(3,4)5)39-21-16-22-43-45(39)52-47(53(43)38-19-13-12-14-20-38)40-29-37(49(6,7)8)30-41(46(40)54)50(9,10)11/h12-30,54H,1-11H3/i6D3,7D3,8D3,9D3,10D3,11D3. The maximum absolute atomic E-state index is 12.6. The first kappa shape index (κ1) is 20.8. The van der Waals surface area contributed by atoms with Gasteiger partial charge in [0.25, 0.3) is 0 Å². The van der Waals surface area contributed by atoms with Crippen molar-refractivity contribution in [1.82, 2.24) is 14.5 Å². The lowest BCUT2D eigenvalue weighted by molar-refractivity contribution is 0.446. The van der Waals surface area contributed by atoms with Crippen LogP contribution in [0, 0.1) is 13.8 Å². The summed E-state index contributed by atoms with van der Waals surface area (Å²) in [5.74, 6) is -1.72. The Morgan fingerprint density at radius 2 is 1.28 bits per heavy atom. The maximum Gasteiger partial charge on any atom is 0.149 e. The molecular weight excluding hydrogens is 659 g/mol. The van der Waals surface area contributed by atoms with E-state index in [9.17, 15) is 5.11 Å². The second-order valence-corrected chi connectivity index (χ2v) is 14.9. The Morgan fingerprint density at radius 1 is 0.611 bits per heavy atom. The van der Waals surface area contributed by atoms with Crippen LogP contribution in [-0.4, -0.2) is 19.6 Å². The monoisotopic (exact) mass is 730 g/mol. The zero-order valence-corrected chi connectivity index (χ0v) is 30.8. The molecule has 0 aliphatic heterocycles. The third-order valence-electron chi connectivity index (χ3n) is 9.82. The van der Waals surface area contributed by atoms with Crippen LogP contribution in [0.5, 0.6) is 5.75 Å². The molecular formula is C50H53N3O. The molecule has 0 unspecified atom stereocenters. The first-order valence-electron chi connectivity index (χ1n) is 26.6. The van der Waals surface area contributed by atoms with Crippen LogP contribution in [0.25, 0.3) is 61.6 Å². The van der Waals surface area contributed by atoms with Gasteiger partial charge < -0.3 is 5.11 Å². The van der Waals surface area contributed by atoms with Gasteiger partial charge in [-0.25, -0.2) is 4.98 Å². The van der Waals surface area contributed by atoms with Gasteiger partial charge in [-0.15, -0.1) is 0 Å². The summed E-state index contributed by atoms with van der Waals surface area (Å²) in [6.45, 7) is -14.1. The largest absolute Gasteiger partial charge is 0.507 e. The van der Waals surface area contributed by atoms with Crippen molar-refractivity contribution in [3.05, 3.63) is 143 Å². The van der Waals surface area contributed by atoms with Crippen molar-refractivity contribution in [3.8, 4) is 56.3 Å². The Bertz CT molecular complexity index is 3090. The molecule has 0 aliphatic rings. The fraction of sp³-hybridized carbons (Fsp3) is 0.280. The zero-order chi connectivity index (χ0) is 53.7. The fourth-order valence-corrected chi connectivity index (χ4v) is 7.04. The summed E-state index contributed by atoms with van der Waals surface area (Å²) >= 11 is 0. The Hall–Kier alpha value is -5.48. The summed E-state index contributed by atoms with van der Waals surface area (Å²) in [5.41, 5.74) is -3.47. The minimum atomic E-state index is -4.09. The molecule has 7 rings (SSSR count). The van der Waals surface area contributed by atoms with Crippen LogP contribution in [-0.2, 0) is 16.2 Å². The molecule has 4 nitrogen and oxygen atoms in total.